The summed E-state index contributed by atoms with van der Waals surface area (Å²) in [6, 6.07) is 4.36. The fraction of sp³-hybridized carbons (Fsp3) is 0.368. The maximum Gasteiger partial charge on any atom is 0.223 e. The van der Waals surface area contributed by atoms with Gasteiger partial charge in [-0.15, -0.1) is 0 Å². The van der Waals surface area contributed by atoms with Gasteiger partial charge >= 0.3 is 0 Å². The van der Waals surface area contributed by atoms with Gasteiger partial charge in [0, 0.05) is 23.4 Å². The van der Waals surface area contributed by atoms with Gasteiger partial charge in [0.05, 0.1) is 35.9 Å². The lowest BCUT2D eigenvalue weighted by Crippen LogP contribution is -2.25. The molecule has 3 aromatic heterocycles. The first-order chi connectivity index (χ1) is 12.9. The average molecular weight is 365 g/mol. The third-order valence-electron chi connectivity index (χ3n) is 4.75. The minimum absolute atomic E-state index is 0.161. The first-order valence-corrected chi connectivity index (χ1v) is 8.99. The van der Waals surface area contributed by atoms with E-state index in [9.17, 15) is 4.39 Å². The molecule has 1 fully saturated rings. The van der Waals surface area contributed by atoms with E-state index in [0.29, 0.717) is 5.95 Å². The molecule has 2 atom stereocenters. The summed E-state index contributed by atoms with van der Waals surface area (Å²) < 4.78 is 15.5. The van der Waals surface area contributed by atoms with Crippen molar-refractivity contribution in [2.45, 2.75) is 38.5 Å². The van der Waals surface area contributed by atoms with Crippen molar-refractivity contribution in [1.29, 1.82) is 0 Å². The van der Waals surface area contributed by atoms with Crippen molar-refractivity contribution in [1.82, 2.24) is 29.9 Å². The Morgan fingerprint density at radius 1 is 1.30 bits per heavy atom. The van der Waals surface area contributed by atoms with Crippen LogP contribution in [0.1, 0.15) is 42.5 Å². The van der Waals surface area contributed by atoms with Crippen LogP contribution in [0.3, 0.4) is 0 Å². The zero-order chi connectivity index (χ0) is 18.8. The third kappa shape index (κ3) is 2.95. The van der Waals surface area contributed by atoms with Gasteiger partial charge in [0.15, 0.2) is 5.65 Å². The molecular formula is C19H20FN7. The Morgan fingerprint density at radius 2 is 2.15 bits per heavy atom. The van der Waals surface area contributed by atoms with Crippen LogP contribution in [0.5, 0.6) is 0 Å². The number of hydrogen-bond donors (Lipinski definition) is 2. The van der Waals surface area contributed by atoms with E-state index >= 15 is 0 Å². The Kier molecular flexibility index (Phi) is 3.36. The molecule has 0 saturated carbocycles. The number of alkyl halides is 1. The van der Waals surface area contributed by atoms with Gasteiger partial charge in [0.2, 0.25) is 5.95 Å². The van der Waals surface area contributed by atoms with E-state index in [2.05, 4.69) is 31.7 Å². The highest BCUT2D eigenvalue weighted by Crippen LogP contribution is 2.42. The van der Waals surface area contributed by atoms with Crippen LogP contribution in [0.4, 0.5) is 10.3 Å². The number of halogens is 1. The van der Waals surface area contributed by atoms with Crippen LogP contribution in [-0.4, -0.2) is 42.8 Å². The van der Waals surface area contributed by atoms with Gasteiger partial charge in [-0.2, -0.15) is 5.10 Å². The van der Waals surface area contributed by atoms with E-state index in [1.807, 2.05) is 25.3 Å². The van der Waals surface area contributed by atoms with Crippen molar-refractivity contribution in [3.8, 4) is 0 Å². The van der Waals surface area contributed by atoms with Gasteiger partial charge < -0.3 is 5.32 Å². The second kappa shape index (κ2) is 5.56. The van der Waals surface area contributed by atoms with E-state index in [0.717, 1.165) is 33.9 Å². The summed E-state index contributed by atoms with van der Waals surface area (Å²) in [6.45, 7) is 5.16. The Morgan fingerprint density at radius 3 is 2.96 bits per heavy atom. The number of anilines is 1. The summed E-state index contributed by atoms with van der Waals surface area (Å²) in [5, 5.41) is 11.1. The Balaban J connectivity index is 1.52. The quantitative estimate of drug-likeness (QED) is 0.690. The number of imidazole rings is 1. The molecule has 1 aliphatic carbocycles. The number of aryl methyl sites for hydroxylation is 1. The summed E-state index contributed by atoms with van der Waals surface area (Å²) in [7, 11) is 0. The summed E-state index contributed by atoms with van der Waals surface area (Å²) in [5.74, 6) is 0.446. The van der Waals surface area contributed by atoms with Gasteiger partial charge in [-0.25, -0.2) is 23.9 Å². The molecule has 0 aromatic carbocycles. The smallest absolute Gasteiger partial charge is 0.223 e. The van der Waals surface area contributed by atoms with Crippen LogP contribution in [0, 0.1) is 6.92 Å². The lowest BCUT2D eigenvalue weighted by molar-refractivity contribution is 0.234. The van der Waals surface area contributed by atoms with Crippen LogP contribution in [0.25, 0.3) is 11.2 Å². The summed E-state index contributed by atoms with van der Waals surface area (Å²) in [5.41, 5.74) is 4.15. The fourth-order valence-electron chi connectivity index (χ4n) is 3.40. The van der Waals surface area contributed by atoms with E-state index in [1.54, 1.807) is 10.7 Å². The zero-order valence-electron chi connectivity index (χ0n) is 15.4. The molecule has 3 aromatic rings. The second-order valence-electron chi connectivity index (χ2n) is 7.72. The first-order valence-electron chi connectivity index (χ1n) is 8.99. The lowest BCUT2D eigenvalue weighted by atomic mass is 9.94. The molecule has 2 N–H and O–H groups in total. The average Bonchev–Trinajstić information content (AvgIpc) is 3.31. The predicted molar refractivity (Wildman–Crippen MR) is 100 cm³/mol. The topological polar surface area (TPSA) is 89.9 Å². The highest BCUT2D eigenvalue weighted by molar-refractivity contribution is 5.82. The standard InChI is InChI=1S/C19H20FN7/c1-10-8-27-15(23-10)5-4-13(26-27)11-6-14-17(24-14)16-12(11)7-21-18(25-16)22-9-19(2,3)20/h4-8,14,17,24H,9H2,1-3H3,(H,21,22,25)/t14-,17?/m0/s1. The predicted octanol–water partition coefficient (Wildman–Crippen LogP) is 2.45. The molecule has 0 spiro atoms. The SMILES string of the molecule is Cc1cn2nc(C3=C[C@@H]4NC4c4nc(NCC(C)(C)F)ncc43)ccc2n1. The highest BCUT2D eigenvalue weighted by atomic mass is 19.1. The second-order valence-corrected chi connectivity index (χ2v) is 7.72. The Bertz CT molecular complexity index is 1080. The summed E-state index contributed by atoms with van der Waals surface area (Å²) in [6.07, 6.45) is 5.87. The monoisotopic (exact) mass is 365 g/mol. The van der Waals surface area contributed by atoms with Crippen LogP contribution in [-0.2, 0) is 0 Å². The molecule has 138 valence electrons. The van der Waals surface area contributed by atoms with E-state index < -0.39 is 5.67 Å². The molecule has 27 heavy (non-hydrogen) atoms. The molecule has 5 rings (SSSR count). The number of nitrogens with one attached hydrogen (secondary N) is 2. The molecule has 0 bridgehead atoms. The number of aromatic nitrogens is 5. The van der Waals surface area contributed by atoms with Crippen LogP contribution in [0.15, 0.2) is 30.6 Å². The molecule has 1 unspecified atom stereocenters. The lowest BCUT2D eigenvalue weighted by Gasteiger charge is -2.18. The molecular weight excluding hydrogens is 345 g/mol. The van der Waals surface area contributed by atoms with Gasteiger partial charge in [0.1, 0.15) is 5.67 Å². The van der Waals surface area contributed by atoms with E-state index in [-0.39, 0.29) is 18.6 Å². The zero-order valence-corrected chi connectivity index (χ0v) is 15.4. The molecule has 4 heterocycles. The minimum Gasteiger partial charge on any atom is -0.351 e. The van der Waals surface area contributed by atoms with Crippen molar-refractivity contribution in [2.75, 3.05) is 11.9 Å². The molecule has 1 aliphatic heterocycles. The van der Waals surface area contributed by atoms with Crippen LogP contribution in [0.2, 0.25) is 0 Å². The van der Waals surface area contributed by atoms with Crippen molar-refractivity contribution < 1.29 is 4.39 Å². The molecule has 7 nitrogen and oxygen atoms in total. The highest BCUT2D eigenvalue weighted by Gasteiger charge is 2.43. The molecule has 0 amide bonds. The molecule has 2 aliphatic rings. The Labute approximate surface area is 155 Å². The van der Waals surface area contributed by atoms with Gasteiger partial charge in [-0.3, -0.25) is 5.32 Å². The number of rotatable bonds is 4. The molecule has 8 heteroatoms. The van der Waals surface area contributed by atoms with Gasteiger partial charge in [0.25, 0.3) is 0 Å². The normalized spacial score (nSPS) is 20.8. The van der Waals surface area contributed by atoms with E-state index in [1.165, 1.54) is 13.8 Å². The van der Waals surface area contributed by atoms with Crippen molar-refractivity contribution in [3.63, 3.8) is 0 Å². The van der Waals surface area contributed by atoms with Crippen LogP contribution >= 0.6 is 0 Å². The van der Waals surface area contributed by atoms with Gasteiger partial charge in [-0.05, 0) is 32.9 Å². The largest absolute Gasteiger partial charge is 0.351 e. The van der Waals surface area contributed by atoms with Crippen molar-refractivity contribution in [3.05, 3.63) is 53.2 Å². The number of hydrogen-bond acceptors (Lipinski definition) is 6. The summed E-state index contributed by atoms with van der Waals surface area (Å²) in [4.78, 5) is 13.5. The minimum atomic E-state index is -1.33. The van der Waals surface area contributed by atoms with Crippen molar-refractivity contribution >= 4 is 17.2 Å². The first kappa shape index (κ1) is 16.3. The third-order valence-corrected chi connectivity index (χ3v) is 4.75. The van der Waals surface area contributed by atoms with Crippen LogP contribution < -0.4 is 10.6 Å². The Hall–Kier alpha value is -2.87. The fourth-order valence-corrected chi connectivity index (χ4v) is 3.40. The summed E-state index contributed by atoms with van der Waals surface area (Å²) >= 11 is 0. The molecule has 0 radical (unpaired) electrons. The number of nitrogens with zero attached hydrogens (tertiary/aromatic N) is 5. The molecule has 1 saturated heterocycles. The van der Waals surface area contributed by atoms with Crippen molar-refractivity contribution in [2.24, 2.45) is 0 Å². The van der Waals surface area contributed by atoms with E-state index in [4.69, 9.17) is 5.10 Å². The number of fused-ring (bicyclic) bond motifs is 4. The van der Waals surface area contributed by atoms with Gasteiger partial charge in [-0.1, -0.05) is 6.08 Å². The maximum atomic E-state index is 13.8. The maximum absolute atomic E-state index is 13.8.